The molecule has 0 saturated carbocycles. The van der Waals surface area contributed by atoms with Crippen LogP contribution >= 0.6 is 0 Å². The van der Waals surface area contributed by atoms with E-state index in [1.807, 2.05) is 30.3 Å². The van der Waals surface area contributed by atoms with Crippen LogP contribution in [0.5, 0.6) is 17.2 Å². The Morgan fingerprint density at radius 3 is 2.42 bits per heavy atom. The average Bonchev–Trinajstić information content (AvgIpc) is 3.07. The molecule has 4 aromatic rings. The summed E-state index contributed by atoms with van der Waals surface area (Å²) in [6.07, 6.45) is 3.10. The highest BCUT2D eigenvalue weighted by Crippen LogP contribution is 2.36. The number of amides is 2. The van der Waals surface area contributed by atoms with Gasteiger partial charge in [0.1, 0.15) is 29.7 Å². The van der Waals surface area contributed by atoms with Crippen molar-refractivity contribution in [2.24, 2.45) is 0 Å². The summed E-state index contributed by atoms with van der Waals surface area (Å²) in [6, 6.07) is 20.2. The number of methoxy groups -OCH3 is 3. The van der Waals surface area contributed by atoms with Crippen LogP contribution in [-0.4, -0.2) is 56.3 Å². The molecule has 0 spiro atoms. The third-order valence-electron chi connectivity index (χ3n) is 7.19. The third kappa shape index (κ3) is 7.39. The number of aromatic nitrogens is 2. The van der Waals surface area contributed by atoms with Crippen molar-refractivity contribution in [3.05, 3.63) is 102 Å². The van der Waals surface area contributed by atoms with E-state index in [1.54, 1.807) is 73.7 Å². The van der Waals surface area contributed by atoms with Gasteiger partial charge in [0.2, 0.25) is 5.95 Å². The van der Waals surface area contributed by atoms with Gasteiger partial charge in [-0.2, -0.15) is 4.98 Å². The van der Waals surface area contributed by atoms with Crippen molar-refractivity contribution in [1.29, 1.82) is 0 Å². The summed E-state index contributed by atoms with van der Waals surface area (Å²) >= 11 is 0. The minimum absolute atomic E-state index is 0.107. The van der Waals surface area contributed by atoms with Gasteiger partial charge >= 0.3 is 6.03 Å². The number of carbonyl (C=O) groups is 2. The molecule has 5 rings (SSSR count). The number of carbonyl (C=O) groups excluding carboxylic acids is 2. The van der Waals surface area contributed by atoms with Crippen LogP contribution in [0.3, 0.4) is 0 Å². The molecule has 0 saturated heterocycles. The smallest absolute Gasteiger partial charge is 0.330 e. The first-order valence-corrected chi connectivity index (χ1v) is 14.3. The summed E-state index contributed by atoms with van der Waals surface area (Å²) in [6.45, 7) is 4.93. The molecule has 11 heteroatoms. The third-order valence-corrected chi connectivity index (χ3v) is 7.19. The first-order valence-electron chi connectivity index (χ1n) is 14.3. The molecule has 0 fully saturated rings. The molecule has 0 bridgehead atoms. The van der Waals surface area contributed by atoms with E-state index >= 15 is 0 Å². The van der Waals surface area contributed by atoms with Gasteiger partial charge in [-0.05, 0) is 35.4 Å². The first kappa shape index (κ1) is 31.0. The van der Waals surface area contributed by atoms with Gasteiger partial charge in [-0.25, -0.2) is 9.78 Å². The van der Waals surface area contributed by atoms with E-state index < -0.39 is 0 Å². The molecule has 1 aromatic heterocycles. The molecule has 0 unspecified atom stereocenters. The summed E-state index contributed by atoms with van der Waals surface area (Å²) < 4.78 is 21.7. The Morgan fingerprint density at radius 2 is 1.73 bits per heavy atom. The summed E-state index contributed by atoms with van der Waals surface area (Å²) in [5.41, 5.74) is 3.62. The highest BCUT2D eigenvalue weighted by atomic mass is 16.5. The molecular weight excluding hydrogens is 574 g/mol. The second-order valence-corrected chi connectivity index (χ2v) is 10.2. The fraction of sp³-hybridized carbons (Fsp3) is 0.235. The predicted molar refractivity (Wildman–Crippen MR) is 172 cm³/mol. The predicted octanol–water partition coefficient (Wildman–Crippen LogP) is 5.71. The van der Waals surface area contributed by atoms with E-state index in [0.717, 1.165) is 11.1 Å². The number of fused-ring (bicyclic) bond motifs is 1. The molecule has 1 aliphatic heterocycles. The quantitative estimate of drug-likeness (QED) is 0.142. The van der Waals surface area contributed by atoms with E-state index in [2.05, 4.69) is 16.9 Å². The molecule has 1 aliphatic rings. The van der Waals surface area contributed by atoms with Crippen molar-refractivity contribution in [2.75, 3.05) is 49.7 Å². The van der Waals surface area contributed by atoms with E-state index in [0.29, 0.717) is 53.2 Å². The number of allylic oxidation sites excluding steroid dienone is 1. The molecule has 45 heavy (non-hydrogen) atoms. The average molecular weight is 610 g/mol. The number of urea groups is 1. The summed E-state index contributed by atoms with van der Waals surface area (Å²) in [4.78, 5) is 39.1. The SMILES string of the molecule is C=CC(=O)Cc1cc(OCCOC)ccc1Nc1ncc2c(n1)N(Cc1ccccc1)C(=O)N(c1cc(OC)cc(OC)c1)C2. The number of nitrogens with zero attached hydrogens (tertiary/aromatic N) is 4. The lowest BCUT2D eigenvalue weighted by molar-refractivity contribution is -0.114. The van der Waals surface area contributed by atoms with Crippen LogP contribution in [0.2, 0.25) is 0 Å². The van der Waals surface area contributed by atoms with Crippen molar-refractivity contribution in [2.45, 2.75) is 19.5 Å². The Kier molecular flexibility index (Phi) is 9.90. The molecule has 1 N–H and O–H groups in total. The lowest BCUT2D eigenvalue weighted by atomic mass is 10.1. The van der Waals surface area contributed by atoms with Crippen molar-refractivity contribution in [1.82, 2.24) is 9.97 Å². The maximum atomic E-state index is 14.1. The number of anilines is 4. The highest BCUT2D eigenvalue weighted by Gasteiger charge is 2.34. The van der Waals surface area contributed by atoms with Crippen LogP contribution in [-0.2, 0) is 29.0 Å². The Hall–Kier alpha value is -5.42. The summed E-state index contributed by atoms with van der Waals surface area (Å²) in [5.74, 6) is 2.34. The van der Waals surface area contributed by atoms with Crippen LogP contribution in [0.25, 0.3) is 0 Å². The van der Waals surface area contributed by atoms with Crippen molar-refractivity contribution < 1.29 is 28.5 Å². The molecular formula is C34H35N5O6. The minimum atomic E-state index is -0.263. The second-order valence-electron chi connectivity index (χ2n) is 10.2. The standard InChI is InChI=1S/C34H35N5O6/c1-5-27(40)15-24-16-28(45-14-13-42-2)11-12-31(24)36-33-35-20-25-22-38(26-17-29(43-3)19-30(18-26)44-4)34(41)39(32(25)37-33)21-23-9-7-6-8-10-23/h5-12,16-20H,1,13-15,21-22H2,2-4H3,(H,35,36,37). The van der Waals surface area contributed by atoms with Gasteiger partial charge in [0, 0.05) is 49.2 Å². The van der Waals surface area contributed by atoms with Gasteiger partial charge in [0.05, 0.1) is 39.6 Å². The summed E-state index contributed by atoms with van der Waals surface area (Å²) in [7, 11) is 4.73. The molecule has 0 radical (unpaired) electrons. The Balaban J connectivity index is 1.50. The van der Waals surface area contributed by atoms with Gasteiger partial charge < -0.3 is 24.3 Å². The fourth-order valence-corrected chi connectivity index (χ4v) is 4.89. The molecule has 2 heterocycles. The van der Waals surface area contributed by atoms with Gasteiger partial charge in [-0.15, -0.1) is 0 Å². The number of ether oxygens (including phenoxy) is 4. The lowest BCUT2D eigenvalue weighted by Gasteiger charge is -2.36. The Bertz CT molecular complexity index is 1660. The Labute approximate surface area is 262 Å². The van der Waals surface area contributed by atoms with E-state index in [9.17, 15) is 9.59 Å². The van der Waals surface area contributed by atoms with Crippen molar-refractivity contribution in [3.8, 4) is 17.2 Å². The molecule has 232 valence electrons. The molecule has 0 aliphatic carbocycles. The van der Waals surface area contributed by atoms with Gasteiger partial charge in [-0.1, -0.05) is 36.9 Å². The van der Waals surface area contributed by atoms with Gasteiger partial charge in [0.15, 0.2) is 5.78 Å². The zero-order valence-electron chi connectivity index (χ0n) is 25.5. The second kappa shape index (κ2) is 14.4. The largest absolute Gasteiger partial charge is 0.497 e. The zero-order valence-corrected chi connectivity index (χ0v) is 25.5. The maximum absolute atomic E-state index is 14.1. The number of hydrogen-bond acceptors (Lipinski definition) is 9. The number of nitrogens with one attached hydrogen (secondary N) is 1. The normalized spacial score (nSPS) is 12.4. The topological polar surface area (TPSA) is 115 Å². The highest BCUT2D eigenvalue weighted by molar-refractivity contribution is 6.05. The van der Waals surface area contributed by atoms with Crippen LogP contribution < -0.4 is 29.3 Å². The Morgan fingerprint density at radius 1 is 0.978 bits per heavy atom. The monoisotopic (exact) mass is 609 g/mol. The van der Waals surface area contributed by atoms with E-state index in [-0.39, 0.29) is 37.3 Å². The van der Waals surface area contributed by atoms with Gasteiger partial charge in [0.25, 0.3) is 0 Å². The van der Waals surface area contributed by atoms with Gasteiger partial charge in [-0.3, -0.25) is 14.6 Å². The molecule has 3 aromatic carbocycles. The number of benzene rings is 3. The van der Waals surface area contributed by atoms with Crippen LogP contribution in [0.1, 0.15) is 16.7 Å². The first-order chi connectivity index (χ1) is 21.9. The number of rotatable bonds is 14. The summed E-state index contributed by atoms with van der Waals surface area (Å²) in [5, 5.41) is 3.25. The van der Waals surface area contributed by atoms with Crippen molar-refractivity contribution in [3.63, 3.8) is 0 Å². The minimum Gasteiger partial charge on any atom is -0.497 e. The van der Waals surface area contributed by atoms with Crippen LogP contribution in [0, 0.1) is 0 Å². The molecule has 2 amide bonds. The fourth-order valence-electron chi connectivity index (χ4n) is 4.89. The van der Waals surface area contributed by atoms with Crippen LogP contribution in [0.4, 0.5) is 27.9 Å². The maximum Gasteiger partial charge on any atom is 0.330 e. The molecule has 11 nitrogen and oxygen atoms in total. The number of ketones is 1. The lowest BCUT2D eigenvalue weighted by Crippen LogP contribution is -2.47. The van der Waals surface area contributed by atoms with Crippen LogP contribution in [0.15, 0.2) is 85.6 Å². The van der Waals surface area contributed by atoms with E-state index in [4.69, 9.17) is 23.9 Å². The zero-order chi connectivity index (χ0) is 31.8. The van der Waals surface area contributed by atoms with E-state index in [1.165, 1.54) is 6.08 Å². The number of hydrogen-bond donors (Lipinski definition) is 1. The molecule has 0 atom stereocenters. The van der Waals surface area contributed by atoms with Crippen molar-refractivity contribution >= 4 is 35.0 Å².